The minimum Gasteiger partial charge on any atom is -0.383 e. The van der Waals surface area contributed by atoms with Gasteiger partial charge in [-0.1, -0.05) is 152 Å². The Morgan fingerprint density at radius 1 is 0.625 bits per heavy atom. The third-order valence-electron chi connectivity index (χ3n) is 8.63. The summed E-state index contributed by atoms with van der Waals surface area (Å²) in [4.78, 5) is 9.82. The van der Waals surface area contributed by atoms with Gasteiger partial charge in [0.15, 0.2) is 5.84 Å². The molecular weight excluding hydrogens is 585 g/mol. The molecular formula is C44H34N4. The molecule has 0 saturated heterocycles. The molecule has 0 saturated carbocycles. The molecule has 4 nitrogen and oxygen atoms in total. The van der Waals surface area contributed by atoms with E-state index in [0.29, 0.717) is 18.2 Å². The Kier molecular flexibility index (Phi) is 8.54. The monoisotopic (exact) mass is 618 g/mol. The Labute approximate surface area is 280 Å². The third-order valence-corrected chi connectivity index (χ3v) is 8.63. The zero-order valence-corrected chi connectivity index (χ0v) is 26.5. The van der Waals surface area contributed by atoms with E-state index >= 15 is 0 Å². The van der Waals surface area contributed by atoms with Crippen molar-refractivity contribution in [2.75, 3.05) is 0 Å². The second-order valence-electron chi connectivity index (χ2n) is 11.7. The number of rotatable bonds is 8. The van der Waals surface area contributed by atoms with Crippen molar-refractivity contribution in [1.29, 1.82) is 5.41 Å². The minimum absolute atomic E-state index is 0.380. The summed E-state index contributed by atoms with van der Waals surface area (Å²) in [6.45, 7) is 4.56. The molecule has 0 bridgehead atoms. The van der Waals surface area contributed by atoms with Crippen LogP contribution in [-0.4, -0.2) is 17.9 Å². The molecule has 0 fully saturated rings. The van der Waals surface area contributed by atoms with Gasteiger partial charge in [-0.25, -0.2) is 4.99 Å². The van der Waals surface area contributed by atoms with Crippen LogP contribution in [0.15, 0.2) is 174 Å². The van der Waals surface area contributed by atoms with E-state index in [9.17, 15) is 0 Å². The average molecular weight is 619 g/mol. The average Bonchev–Trinajstić information content (AvgIpc) is 3.15. The van der Waals surface area contributed by atoms with Crippen molar-refractivity contribution in [1.82, 2.24) is 0 Å². The van der Waals surface area contributed by atoms with Crippen molar-refractivity contribution in [2.45, 2.75) is 6.54 Å². The fourth-order valence-electron chi connectivity index (χ4n) is 6.15. The molecule has 4 heteroatoms. The fourth-order valence-corrected chi connectivity index (χ4v) is 6.15. The highest BCUT2D eigenvalue weighted by Gasteiger charge is 2.13. The summed E-state index contributed by atoms with van der Waals surface area (Å²) in [5.41, 5.74) is 13.5. The molecule has 0 aliphatic carbocycles. The van der Waals surface area contributed by atoms with Gasteiger partial charge < -0.3 is 11.1 Å². The number of nitrogens with one attached hydrogen (secondary N) is 1. The highest BCUT2D eigenvalue weighted by molar-refractivity contribution is 6.20. The molecule has 0 aliphatic heterocycles. The lowest BCUT2D eigenvalue weighted by atomic mass is 9.89. The maximum Gasteiger partial charge on any atom is 0.157 e. The van der Waals surface area contributed by atoms with Crippen molar-refractivity contribution in [2.24, 2.45) is 15.7 Å². The van der Waals surface area contributed by atoms with Gasteiger partial charge >= 0.3 is 0 Å². The molecule has 7 aromatic carbocycles. The summed E-state index contributed by atoms with van der Waals surface area (Å²) in [5, 5.41) is 14.6. The molecule has 0 aliphatic rings. The first-order valence-electron chi connectivity index (χ1n) is 15.9. The van der Waals surface area contributed by atoms with Gasteiger partial charge in [0, 0.05) is 17.3 Å². The molecule has 0 unspecified atom stereocenters. The fraction of sp³-hybridized carbons (Fsp3) is 0.0227. The molecule has 3 N–H and O–H groups in total. The van der Waals surface area contributed by atoms with Crippen LogP contribution in [0.3, 0.4) is 0 Å². The normalized spacial score (nSPS) is 12.2. The van der Waals surface area contributed by atoms with Crippen molar-refractivity contribution in [3.8, 4) is 11.1 Å². The number of benzene rings is 7. The summed E-state index contributed by atoms with van der Waals surface area (Å²) in [7, 11) is 0. The molecule has 0 amide bonds. The van der Waals surface area contributed by atoms with Crippen molar-refractivity contribution in [3.63, 3.8) is 0 Å². The lowest BCUT2D eigenvalue weighted by Crippen LogP contribution is -2.16. The topological polar surface area (TPSA) is 74.6 Å². The maximum absolute atomic E-state index is 7.22. The van der Waals surface area contributed by atoms with Gasteiger partial charge in [-0.3, -0.25) is 4.99 Å². The largest absolute Gasteiger partial charge is 0.383 e. The van der Waals surface area contributed by atoms with E-state index in [0.717, 1.165) is 33.4 Å². The van der Waals surface area contributed by atoms with Gasteiger partial charge in [-0.15, -0.1) is 0 Å². The zero-order valence-electron chi connectivity index (χ0n) is 26.5. The first-order valence-corrected chi connectivity index (χ1v) is 15.9. The van der Waals surface area contributed by atoms with E-state index < -0.39 is 0 Å². The van der Waals surface area contributed by atoms with E-state index in [2.05, 4.69) is 110 Å². The van der Waals surface area contributed by atoms with E-state index in [4.69, 9.17) is 21.1 Å². The van der Waals surface area contributed by atoms with Crippen LogP contribution >= 0.6 is 0 Å². The molecule has 7 aromatic rings. The third kappa shape index (κ3) is 6.20. The molecule has 0 heterocycles. The van der Waals surface area contributed by atoms with E-state index in [-0.39, 0.29) is 0 Å². The number of nitrogens with two attached hydrogens (primary N) is 1. The second kappa shape index (κ2) is 13.5. The first kappa shape index (κ1) is 30.3. The predicted molar refractivity (Wildman–Crippen MR) is 205 cm³/mol. The van der Waals surface area contributed by atoms with Crippen LogP contribution in [0.5, 0.6) is 0 Å². The number of allylic oxidation sites excluding steroid dienone is 3. The van der Waals surface area contributed by atoms with E-state index in [1.165, 1.54) is 44.1 Å². The lowest BCUT2D eigenvalue weighted by molar-refractivity contribution is 1.06. The quantitative estimate of drug-likeness (QED) is 0.0574. The number of hydrogen-bond donors (Lipinski definition) is 2. The Bertz CT molecular complexity index is 2380. The van der Waals surface area contributed by atoms with Crippen LogP contribution in [0, 0.1) is 5.41 Å². The number of fused-ring (bicyclic) bond motifs is 4. The molecule has 230 valence electrons. The Morgan fingerprint density at radius 2 is 1.27 bits per heavy atom. The molecule has 0 atom stereocenters. The van der Waals surface area contributed by atoms with Crippen molar-refractivity contribution >= 4 is 55.8 Å². The minimum atomic E-state index is 0.380. The summed E-state index contributed by atoms with van der Waals surface area (Å²) < 4.78 is 0. The molecule has 0 spiro atoms. The number of hydrogen-bond acceptors (Lipinski definition) is 2. The Hall–Kier alpha value is -6.39. The zero-order chi connectivity index (χ0) is 32.9. The Morgan fingerprint density at radius 3 is 2.02 bits per heavy atom. The van der Waals surface area contributed by atoms with Crippen LogP contribution < -0.4 is 5.73 Å². The predicted octanol–water partition coefficient (Wildman–Crippen LogP) is 10.4. The van der Waals surface area contributed by atoms with Gasteiger partial charge in [-0.2, -0.15) is 0 Å². The summed E-state index contributed by atoms with van der Waals surface area (Å²) in [5.74, 6) is 0.948. The van der Waals surface area contributed by atoms with Gasteiger partial charge in [-0.05, 0) is 72.3 Å². The van der Waals surface area contributed by atoms with Gasteiger partial charge in [0.25, 0.3) is 0 Å². The first-order chi connectivity index (χ1) is 23.6. The summed E-state index contributed by atoms with van der Waals surface area (Å²) >= 11 is 0. The van der Waals surface area contributed by atoms with Crippen LogP contribution in [0.2, 0.25) is 0 Å². The van der Waals surface area contributed by atoms with Gasteiger partial charge in [0.2, 0.25) is 0 Å². The Balaban J connectivity index is 1.29. The molecule has 7 rings (SSSR count). The maximum atomic E-state index is 7.22. The second-order valence-corrected chi connectivity index (χ2v) is 11.7. The van der Waals surface area contributed by atoms with Crippen LogP contribution in [-0.2, 0) is 6.54 Å². The molecule has 0 aromatic heterocycles. The standard InChI is InChI=1S/C44H34N4/c1-30(10-9-27-45)32-17-21-35(22-18-32)43(46)48-44(47-29-31-11-3-2-4-12-31)36-23-19-34(20-24-36)42-39-16-8-6-14-37(39)28-41-38-15-7-5-13-33(38)25-26-40(41)42/h2-28,45H,1,29H2,(H2,46,47,48)/b10-9-,45-27?. The van der Waals surface area contributed by atoms with Gasteiger partial charge in [0.1, 0.15) is 5.84 Å². The molecule has 0 radical (unpaired) electrons. The highest BCUT2D eigenvalue weighted by Crippen LogP contribution is 2.39. The summed E-state index contributed by atoms with van der Waals surface area (Å²) in [6.07, 6.45) is 4.69. The highest BCUT2D eigenvalue weighted by atomic mass is 15.0. The van der Waals surface area contributed by atoms with E-state index in [1.54, 1.807) is 12.2 Å². The molecule has 48 heavy (non-hydrogen) atoms. The summed E-state index contributed by atoms with van der Waals surface area (Å²) in [6, 6.07) is 50.4. The SMILES string of the molecule is C=C(/C=C\C=N)c1ccc(C(N)=NC(=NCc2ccccc2)c2ccc(-c3c4ccccc4cc4c3ccc3ccccc34)cc2)cc1. The van der Waals surface area contributed by atoms with Gasteiger partial charge in [0.05, 0.1) is 6.54 Å². The number of amidine groups is 2. The lowest BCUT2D eigenvalue weighted by Gasteiger charge is -2.14. The van der Waals surface area contributed by atoms with Crippen LogP contribution in [0.4, 0.5) is 0 Å². The number of nitrogens with zero attached hydrogens (tertiary/aromatic N) is 2. The number of aliphatic imine (C=N–C) groups is 2. The van der Waals surface area contributed by atoms with Crippen molar-refractivity contribution < 1.29 is 0 Å². The smallest absolute Gasteiger partial charge is 0.157 e. The van der Waals surface area contributed by atoms with E-state index in [1.807, 2.05) is 42.5 Å². The van der Waals surface area contributed by atoms with Crippen molar-refractivity contribution in [3.05, 3.63) is 187 Å². The van der Waals surface area contributed by atoms with Crippen LogP contribution in [0.25, 0.3) is 49.0 Å². The van der Waals surface area contributed by atoms with Crippen LogP contribution in [0.1, 0.15) is 22.3 Å².